The van der Waals surface area contributed by atoms with Crippen molar-refractivity contribution >= 4 is 17.2 Å². The van der Waals surface area contributed by atoms with E-state index in [1.807, 2.05) is 41.9 Å². The predicted octanol–water partition coefficient (Wildman–Crippen LogP) is 5.79. The van der Waals surface area contributed by atoms with E-state index in [1.54, 1.807) is 19.2 Å². The second-order valence-electron chi connectivity index (χ2n) is 7.40. The molecule has 5 heteroatoms. The molecule has 0 spiro atoms. The third-order valence-corrected chi connectivity index (χ3v) is 6.56. The van der Waals surface area contributed by atoms with E-state index in [1.165, 1.54) is 22.5 Å². The zero-order valence-electron chi connectivity index (χ0n) is 18.0. The highest BCUT2D eigenvalue weighted by Gasteiger charge is 2.17. The minimum absolute atomic E-state index is 0.319. The molecule has 1 aromatic heterocycles. The molecule has 0 radical (unpaired) electrons. The molecule has 0 atom stereocenters. The third-order valence-electron chi connectivity index (χ3n) is 5.38. The Bertz CT molecular complexity index is 1320. The number of aromatic nitrogens is 1. The van der Waals surface area contributed by atoms with Gasteiger partial charge in [-0.1, -0.05) is 65.9 Å². The first kappa shape index (κ1) is 20.8. The van der Waals surface area contributed by atoms with Crippen LogP contribution in [0.25, 0.3) is 21.7 Å². The van der Waals surface area contributed by atoms with Gasteiger partial charge in [-0.25, -0.2) is 0 Å². The van der Waals surface area contributed by atoms with Gasteiger partial charge in [-0.3, -0.25) is 4.79 Å². The molecular formula is C26H24N2O2S. The van der Waals surface area contributed by atoms with Crippen LogP contribution >= 0.6 is 11.3 Å². The van der Waals surface area contributed by atoms with Crippen molar-refractivity contribution < 1.29 is 9.53 Å². The number of amides is 1. The van der Waals surface area contributed by atoms with Gasteiger partial charge in [0.25, 0.3) is 5.91 Å². The molecule has 0 saturated heterocycles. The largest absolute Gasteiger partial charge is 0.496 e. The molecule has 3 aromatic carbocycles. The SMILES string of the molecule is COc1ccccc1C(=O)N=c1sc(-c2ccccc2)c(-c2ccc(C)c(C)c2)n1C. The van der Waals surface area contributed by atoms with Crippen molar-refractivity contribution in [3.05, 3.63) is 94.3 Å². The predicted molar refractivity (Wildman–Crippen MR) is 127 cm³/mol. The lowest BCUT2D eigenvalue weighted by molar-refractivity contribution is 0.0995. The van der Waals surface area contributed by atoms with Crippen molar-refractivity contribution in [2.75, 3.05) is 7.11 Å². The molecule has 31 heavy (non-hydrogen) atoms. The van der Waals surface area contributed by atoms with Crippen LogP contribution < -0.4 is 9.54 Å². The zero-order valence-corrected chi connectivity index (χ0v) is 18.9. The maximum Gasteiger partial charge on any atom is 0.283 e. The van der Waals surface area contributed by atoms with Crippen LogP contribution in [0.1, 0.15) is 21.5 Å². The van der Waals surface area contributed by atoms with Crippen molar-refractivity contribution in [3.63, 3.8) is 0 Å². The number of carbonyl (C=O) groups excluding carboxylic acids is 1. The standard InChI is InChI=1S/C26H24N2O2S/c1-17-14-15-20(16-18(17)2)23-24(19-10-6-5-7-11-19)31-26(28(23)3)27-25(29)21-12-8-9-13-22(21)30-4/h5-16H,1-4H3. The number of nitrogens with zero attached hydrogens (tertiary/aromatic N) is 2. The van der Waals surface area contributed by atoms with E-state index in [9.17, 15) is 4.79 Å². The first-order valence-electron chi connectivity index (χ1n) is 10.0. The maximum atomic E-state index is 13.0. The Morgan fingerprint density at radius 3 is 2.32 bits per heavy atom. The van der Waals surface area contributed by atoms with Crippen LogP contribution in [0.4, 0.5) is 0 Å². The Morgan fingerprint density at radius 2 is 1.61 bits per heavy atom. The summed E-state index contributed by atoms with van der Waals surface area (Å²) in [6, 6.07) is 23.8. The van der Waals surface area contributed by atoms with Gasteiger partial charge < -0.3 is 9.30 Å². The second-order valence-corrected chi connectivity index (χ2v) is 8.38. The van der Waals surface area contributed by atoms with Crippen molar-refractivity contribution in [1.82, 2.24) is 4.57 Å². The quantitative estimate of drug-likeness (QED) is 0.413. The summed E-state index contributed by atoms with van der Waals surface area (Å²) in [6.45, 7) is 4.22. The third kappa shape index (κ3) is 4.09. The summed E-state index contributed by atoms with van der Waals surface area (Å²) in [7, 11) is 3.52. The molecule has 0 saturated carbocycles. The molecule has 1 heterocycles. The van der Waals surface area contributed by atoms with Crippen molar-refractivity contribution in [3.8, 4) is 27.4 Å². The average Bonchev–Trinajstić information content (AvgIpc) is 3.12. The topological polar surface area (TPSA) is 43.6 Å². The van der Waals surface area contributed by atoms with Crippen molar-refractivity contribution in [2.45, 2.75) is 13.8 Å². The number of hydrogen-bond donors (Lipinski definition) is 0. The van der Waals surface area contributed by atoms with Crippen LogP contribution in [0.2, 0.25) is 0 Å². The van der Waals surface area contributed by atoms with Crippen molar-refractivity contribution in [2.24, 2.45) is 12.0 Å². The van der Waals surface area contributed by atoms with E-state index in [0.29, 0.717) is 16.1 Å². The number of benzene rings is 3. The first-order valence-corrected chi connectivity index (χ1v) is 10.9. The van der Waals surface area contributed by atoms with E-state index < -0.39 is 0 Å². The number of hydrogen-bond acceptors (Lipinski definition) is 3. The minimum atomic E-state index is -0.319. The summed E-state index contributed by atoms with van der Waals surface area (Å²) in [6.07, 6.45) is 0. The maximum absolute atomic E-state index is 13.0. The Hall–Kier alpha value is -3.44. The molecular weight excluding hydrogens is 404 g/mol. The molecule has 0 aliphatic carbocycles. The molecule has 4 rings (SSSR count). The molecule has 4 nitrogen and oxygen atoms in total. The molecule has 0 fully saturated rings. The van der Waals surface area contributed by atoms with Gasteiger partial charge in [-0.05, 0) is 54.3 Å². The highest BCUT2D eigenvalue weighted by atomic mass is 32.1. The fourth-order valence-corrected chi connectivity index (χ4v) is 4.67. The van der Waals surface area contributed by atoms with Crippen LogP contribution in [-0.2, 0) is 7.05 Å². The van der Waals surface area contributed by atoms with E-state index >= 15 is 0 Å². The van der Waals surface area contributed by atoms with Gasteiger partial charge in [-0.15, -0.1) is 0 Å². The second kappa shape index (κ2) is 8.74. The van der Waals surface area contributed by atoms with Crippen LogP contribution in [0.5, 0.6) is 5.75 Å². The number of thiazole rings is 1. The fraction of sp³-hybridized carbons (Fsp3) is 0.154. The average molecular weight is 429 g/mol. The van der Waals surface area contributed by atoms with Gasteiger partial charge in [0.2, 0.25) is 0 Å². The van der Waals surface area contributed by atoms with Gasteiger partial charge in [0, 0.05) is 7.05 Å². The smallest absolute Gasteiger partial charge is 0.283 e. The Kier molecular flexibility index (Phi) is 5.87. The van der Waals surface area contributed by atoms with Crippen LogP contribution in [-0.4, -0.2) is 17.6 Å². The van der Waals surface area contributed by atoms with Crippen molar-refractivity contribution in [1.29, 1.82) is 0 Å². The van der Waals surface area contributed by atoms with Crippen LogP contribution in [0.15, 0.2) is 77.8 Å². The number of rotatable bonds is 4. The zero-order chi connectivity index (χ0) is 22.0. The van der Waals surface area contributed by atoms with Crippen LogP contribution in [0.3, 0.4) is 0 Å². The monoisotopic (exact) mass is 428 g/mol. The molecule has 0 N–H and O–H groups in total. The normalized spacial score (nSPS) is 11.5. The van der Waals surface area contributed by atoms with Gasteiger partial charge >= 0.3 is 0 Å². The minimum Gasteiger partial charge on any atom is -0.496 e. The number of para-hydroxylation sites is 1. The summed E-state index contributed by atoms with van der Waals surface area (Å²) in [5.74, 6) is 0.202. The number of methoxy groups -OCH3 is 1. The Morgan fingerprint density at radius 1 is 0.903 bits per heavy atom. The number of ether oxygens (including phenoxy) is 1. The first-order chi connectivity index (χ1) is 15.0. The van der Waals surface area contributed by atoms with E-state index in [4.69, 9.17) is 4.74 Å². The summed E-state index contributed by atoms with van der Waals surface area (Å²) in [5.41, 5.74) is 6.18. The Balaban J connectivity index is 1.92. The molecule has 0 bridgehead atoms. The van der Waals surface area contributed by atoms with Gasteiger partial charge in [0.05, 0.1) is 23.2 Å². The summed E-state index contributed by atoms with van der Waals surface area (Å²) in [5, 5.41) is 0. The van der Waals surface area contributed by atoms with E-state index in [-0.39, 0.29) is 5.91 Å². The highest BCUT2D eigenvalue weighted by molar-refractivity contribution is 7.13. The molecule has 0 unspecified atom stereocenters. The molecule has 0 aliphatic heterocycles. The molecule has 1 amide bonds. The number of aryl methyl sites for hydroxylation is 2. The van der Waals surface area contributed by atoms with Gasteiger partial charge in [0.1, 0.15) is 5.75 Å². The summed E-state index contributed by atoms with van der Waals surface area (Å²) in [4.78, 5) is 19.2. The summed E-state index contributed by atoms with van der Waals surface area (Å²) < 4.78 is 7.35. The molecule has 4 aromatic rings. The number of carbonyl (C=O) groups is 1. The lowest BCUT2D eigenvalue weighted by Crippen LogP contribution is -2.14. The molecule has 0 aliphatic rings. The lowest BCUT2D eigenvalue weighted by Gasteiger charge is -2.09. The summed E-state index contributed by atoms with van der Waals surface area (Å²) >= 11 is 1.52. The van der Waals surface area contributed by atoms with E-state index in [2.05, 4.69) is 49.2 Å². The Labute approximate surface area is 186 Å². The van der Waals surface area contributed by atoms with Gasteiger partial charge in [-0.2, -0.15) is 4.99 Å². The fourth-order valence-electron chi connectivity index (χ4n) is 3.52. The van der Waals surface area contributed by atoms with Crippen LogP contribution in [0, 0.1) is 13.8 Å². The molecule has 156 valence electrons. The lowest BCUT2D eigenvalue weighted by atomic mass is 10.0. The van der Waals surface area contributed by atoms with Gasteiger partial charge in [0.15, 0.2) is 4.80 Å². The van der Waals surface area contributed by atoms with E-state index in [0.717, 1.165) is 21.7 Å². The highest BCUT2D eigenvalue weighted by Crippen LogP contribution is 2.35.